The lowest BCUT2D eigenvalue weighted by Crippen LogP contribution is -2.37. The highest BCUT2D eigenvalue weighted by molar-refractivity contribution is 9.10. The normalized spacial score (nSPS) is 23.1. The fraction of sp³-hybridized carbons (Fsp3) is 0.538. The van der Waals surface area contributed by atoms with Gasteiger partial charge in [-0.3, -0.25) is 10.1 Å². The zero-order valence-electron chi connectivity index (χ0n) is 10.8. The molecule has 1 fully saturated rings. The molecule has 0 saturated heterocycles. The van der Waals surface area contributed by atoms with Crippen LogP contribution in [0.2, 0.25) is 0 Å². The maximum atomic E-state index is 10.7. The summed E-state index contributed by atoms with van der Waals surface area (Å²) in [5.41, 5.74) is 0.962. The second kappa shape index (κ2) is 6.34. The Bertz CT molecular complexity index is 467. The lowest BCUT2D eigenvalue weighted by atomic mass is 9.92. The highest BCUT2D eigenvalue weighted by Crippen LogP contribution is 2.30. The molecule has 2 rings (SSSR count). The van der Waals surface area contributed by atoms with Gasteiger partial charge in [0.25, 0.3) is 5.69 Å². The first-order valence-electron chi connectivity index (χ1n) is 6.35. The quantitative estimate of drug-likeness (QED) is 0.675. The SMILES string of the molecule is COC1CCCCC1Nc1ccc([N+](=O)[O-])cc1Br. The van der Waals surface area contributed by atoms with Gasteiger partial charge in [-0.15, -0.1) is 0 Å². The summed E-state index contributed by atoms with van der Waals surface area (Å²) in [6.07, 6.45) is 4.69. The van der Waals surface area contributed by atoms with Crippen LogP contribution in [0, 0.1) is 10.1 Å². The third kappa shape index (κ3) is 3.45. The fourth-order valence-corrected chi connectivity index (χ4v) is 2.96. The Morgan fingerprint density at radius 1 is 1.42 bits per heavy atom. The van der Waals surface area contributed by atoms with Crippen molar-refractivity contribution >= 4 is 27.3 Å². The number of nitro groups is 1. The molecule has 5 nitrogen and oxygen atoms in total. The molecule has 1 aliphatic carbocycles. The molecular formula is C13H17BrN2O3. The minimum atomic E-state index is -0.396. The Balaban J connectivity index is 2.11. The van der Waals surface area contributed by atoms with Crippen molar-refractivity contribution in [1.82, 2.24) is 0 Å². The van der Waals surface area contributed by atoms with Gasteiger partial charge in [-0.05, 0) is 34.8 Å². The van der Waals surface area contributed by atoms with Gasteiger partial charge >= 0.3 is 0 Å². The number of anilines is 1. The van der Waals surface area contributed by atoms with E-state index in [1.807, 2.05) is 0 Å². The van der Waals surface area contributed by atoms with E-state index in [2.05, 4.69) is 21.2 Å². The first-order chi connectivity index (χ1) is 9.11. The first-order valence-corrected chi connectivity index (χ1v) is 7.14. The van der Waals surface area contributed by atoms with Crippen LogP contribution >= 0.6 is 15.9 Å². The predicted molar refractivity (Wildman–Crippen MR) is 77.5 cm³/mol. The monoisotopic (exact) mass is 328 g/mol. The fourth-order valence-electron chi connectivity index (χ4n) is 2.48. The van der Waals surface area contributed by atoms with Crippen LogP contribution in [-0.2, 0) is 4.74 Å². The number of nitro benzene ring substituents is 1. The van der Waals surface area contributed by atoms with Crippen LogP contribution in [0.5, 0.6) is 0 Å². The number of non-ortho nitro benzene ring substituents is 1. The van der Waals surface area contributed by atoms with E-state index in [9.17, 15) is 10.1 Å². The summed E-state index contributed by atoms with van der Waals surface area (Å²) >= 11 is 3.38. The van der Waals surface area contributed by atoms with E-state index in [4.69, 9.17) is 4.74 Å². The minimum absolute atomic E-state index is 0.0874. The van der Waals surface area contributed by atoms with Gasteiger partial charge in [-0.2, -0.15) is 0 Å². The molecule has 1 saturated carbocycles. The predicted octanol–water partition coefficient (Wildman–Crippen LogP) is 3.73. The highest BCUT2D eigenvalue weighted by atomic mass is 79.9. The summed E-state index contributed by atoms with van der Waals surface area (Å²) in [5.74, 6) is 0. The molecule has 1 N–H and O–H groups in total. The third-order valence-electron chi connectivity index (χ3n) is 3.51. The number of benzene rings is 1. The molecule has 0 bridgehead atoms. The Morgan fingerprint density at radius 2 is 2.16 bits per heavy atom. The van der Waals surface area contributed by atoms with Crippen molar-refractivity contribution in [1.29, 1.82) is 0 Å². The molecule has 0 radical (unpaired) electrons. The van der Waals surface area contributed by atoms with E-state index in [0.717, 1.165) is 18.5 Å². The number of hydrogen-bond acceptors (Lipinski definition) is 4. The molecule has 104 valence electrons. The maximum absolute atomic E-state index is 10.7. The van der Waals surface area contributed by atoms with Crippen LogP contribution in [0.4, 0.5) is 11.4 Å². The van der Waals surface area contributed by atoms with Gasteiger partial charge in [-0.1, -0.05) is 12.8 Å². The van der Waals surface area contributed by atoms with E-state index < -0.39 is 4.92 Å². The second-order valence-corrected chi connectivity index (χ2v) is 5.59. The first kappa shape index (κ1) is 14.3. The zero-order valence-corrected chi connectivity index (χ0v) is 12.4. The van der Waals surface area contributed by atoms with Crippen LogP contribution in [0.15, 0.2) is 22.7 Å². The zero-order chi connectivity index (χ0) is 13.8. The summed E-state index contributed by atoms with van der Waals surface area (Å²) in [7, 11) is 1.73. The van der Waals surface area contributed by atoms with Crippen molar-refractivity contribution in [3.8, 4) is 0 Å². The molecule has 19 heavy (non-hydrogen) atoms. The van der Waals surface area contributed by atoms with Crippen molar-refractivity contribution in [3.05, 3.63) is 32.8 Å². The number of hydrogen-bond donors (Lipinski definition) is 1. The molecule has 0 heterocycles. The van der Waals surface area contributed by atoms with Crippen molar-refractivity contribution in [2.75, 3.05) is 12.4 Å². The Labute approximate surface area is 120 Å². The summed E-state index contributed by atoms with van der Waals surface area (Å²) in [6, 6.07) is 5.03. The van der Waals surface area contributed by atoms with Gasteiger partial charge in [0.05, 0.1) is 17.1 Å². The lowest BCUT2D eigenvalue weighted by Gasteiger charge is -2.32. The maximum Gasteiger partial charge on any atom is 0.270 e. The van der Waals surface area contributed by atoms with Gasteiger partial charge in [0.2, 0.25) is 0 Å². The molecule has 2 unspecified atom stereocenters. The number of rotatable bonds is 4. The van der Waals surface area contributed by atoms with Crippen LogP contribution in [0.25, 0.3) is 0 Å². The van der Waals surface area contributed by atoms with E-state index >= 15 is 0 Å². The van der Waals surface area contributed by atoms with Gasteiger partial charge in [0, 0.05) is 29.4 Å². The van der Waals surface area contributed by atoms with Gasteiger partial charge in [0.15, 0.2) is 0 Å². The highest BCUT2D eigenvalue weighted by Gasteiger charge is 2.25. The summed E-state index contributed by atoms with van der Waals surface area (Å²) in [6.45, 7) is 0. The van der Waals surface area contributed by atoms with Crippen LogP contribution in [0.3, 0.4) is 0 Å². The van der Waals surface area contributed by atoms with E-state index in [1.54, 1.807) is 13.2 Å². The summed E-state index contributed by atoms with van der Waals surface area (Å²) in [4.78, 5) is 10.3. The molecule has 1 aromatic rings. The van der Waals surface area contributed by atoms with Gasteiger partial charge < -0.3 is 10.1 Å². The van der Waals surface area contributed by atoms with Crippen molar-refractivity contribution < 1.29 is 9.66 Å². The van der Waals surface area contributed by atoms with Crippen molar-refractivity contribution in [3.63, 3.8) is 0 Å². The number of halogens is 1. The summed E-state index contributed by atoms with van der Waals surface area (Å²) < 4.78 is 6.20. The molecular weight excluding hydrogens is 312 g/mol. The number of nitrogens with zero attached hydrogens (tertiary/aromatic N) is 1. The molecule has 1 aromatic carbocycles. The average molecular weight is 329 g/mol. The second-order valence-electron chi connectivity index (χ2n) is 4.73. The molecule has 0 aliphatic heterocycles. The smallest absolute Gasteiger partial charge is 0.270 e. The average Bonchev–Trinajstić information content (AvgIpc) is 2.41. The standard InChI is InChI=1S/C13H17BrN2O3/c1-19-13-5-3-2-4-12(13)15-11-7-6-9(16(17)18)8-10(11)14/h6-8,12-13,15H,2-5H2,1H3. The van der Waals surface area contributed by atoms with Gasteiger partial charge in [0.1, 0.15) is 0 Å². The van der Waals surface area contributed by atoms with Crippen LogP contribution in [-0.4, -0.2) is 24.2 Å². The van der Waals surface area contributed by atoms with E-state index in [0.29, 0.717) is 4.47 Å². The van der Waals surface area contributed by atoms with Gasteiger partial charge in [-0.25, -0.2) is 0 Å². The molecule has 1 aliphatic rings. The Kier molecular flexibility index (Phi) is 4.76. The topological polar surface area (TPSA) is 64.4 Å². The molecule has 6 heteroatoms. The molecule has 0 spiro atoms. The molecule has 0 amide bonds. The van der Waals surface area contributed by atoms with Crippen molar-refractivity contribution in [2.24, 2.45) is 0 Å². The number of ether oxygens (including phenoxy) is 1. The minimum Gasteiger partial charge on any atom is -0.379 e. The van der Waals surface area contributed by atoms with Crippen LogP contribution in [0.1, 0.15) is 25.7 Å². The Morgan fingerprint density at radius 3 is 2.79 bits per heavy atom. The lowest BCUT2D eigenvalue weighted by molar-refractivity contribution is -0.384. The Hall–Kier alpha value is -1.14. The number of nitrogens with one attached hydrogen (secondary N) is 1. The number of methoxy groups -OCH3 is 1. The van der Waals surface area contributed by atoms with Crippen molar-refractivity contribution in [2.45, 2.75) is 37.8 Å². The van der Waals surface area contributed by atoms with Crippen LogP contribution < -0.4 is 5.32 Å². The largest absolute Gasteiger partial charge is 0.379 e. The molecule has 2 atom stereocenters. The van der Waals surface area contributed by atoms with E-state index in [-0.39, 0.29) is 17.8 Å². The molecule has 0 aromatic heterocycles. The third-order valence-corrected chi connectivity index (χ3v) is 4.17. The van der Waals surface area contributed by atoms with E-state index in [1.165, 1.54) is 25.0 Å². The summed E-state index contributed by atoms with van der Waals surface area (Å²) in [5, 5.41) is 14.1.